The molecule has 1 aliphatic rings. The summed E-state index contributed by atoms with van der Waals surface area (Å²) in [5, 5.41) is 4.59. The summed E-state index contributed by atoms with van der Waals surface area (Å²) >= 11 is 1.69. The van der Waals surface area contributed by atoms with Crippen molar-refractivity contribution in [1.29, 1.82) is 0 Å². The highest BCUT2D eigenvalue weighted by molar-refractivity contribution is 7.14. The number of rotatable bonds is 2. The number of aromatic amines is 1. The predicted octanol–water partition coefficient (Wildman–Crippen LogP) is 2.10. The summed E-state index contributed by atoms with van der Waals surface area (Å²) in [4.78, 5) is 14.9. The van der Waals surface area contributed by atoms with Crippen molar-refractivity contribution in [2.24, 2.45) is 0 Å². The lowest BCUT2D eigenvalue weighted by atomic mass is 10.3. The van der Waals surface area contributed by atoms with E-state index in [1.54, 1.807) is 11.3 Å². The second-order valence-electron chi connectivity index (χ2n) is 4.85. The number of thiazole rings is 1. The number of hydrogen-bond donors (Lipinski definition) is 2. The fourth-order valence-corrected chi connectivity index (χ4v) is 3.41. The molecule has 1 saturated heterocycles. The van der Waals surface area contributed by atoms with Crippen LogP contribution in [0.2, 0.25) is 0 Å². The van der Waals surface area contributed by atoms with Crippen molar-refractivity contribution in [3.63, 3.8) is 0 Å². The minimum atomic E-state index is 0.862. The highest BCUT2D eigenvalue weighted by atomic mass is 32.1. The predicted molar refractivity (Wildman–Crippen MR) is 82.3 cm³/mol. The average molecular weight is 285 g/mol. The first kappa shape index (κ1) is 11.9. The van der Waals surface area contributed by atoms with Crippen molar-refractivity contribution in [2.75, 3.05) is 31.1 Å². The van der Waals surface area contributed by atoms with Crippen LogP contribution >= 0.6 is 11.3 Å². The monoisotopic (exact) mass is 285 g/mol. The molecule has 2 N–H and O–H groups in total. The van der Waals surface area contributed by atoms with Gasteiger partial charge in [-0.3, -0.25) is 0 Å². The third kappa shape index (κ3) is 1.97. The molecule has 3 heterocycles. The minimum absolute atomic E-state index is 0.862. The largest absolute Gasteiger partial charge is 0.359 e. The highest BCUT2D eigenvalue weighted by Gasteiger charge is 2.19. The lowest BCUT2D eigenvalue weighted by molar-refractivity contribution is 0.592. The number of aromatic nitrogens is 3. The van der Waals surface area contributed by atoms with E-state index in [0.29, 0.717) is 0 Å². The zero-order valence-electron chi connectivity index (χ0n) is 11.0. The van der Waals surface area contributed by atoms with E-state index < -0.39 is 0 Å². The molecule has 0 unspecified atom stereocenters. The zero-order valence-corrected chi connectivity index (χ0v) is 11.8. The summed E-state index contributed by atoms with van der Waals surface area (Å²) in [7, 11) is 0. The summed E-state index contributed by atoms with van der Waals surface area (Å²) in [6, 6.07) is 8.09. The van der Waals surface area contributed by atoms with Crippen LogP contribution in [0.1, 0.15) is 0 Å². The van der Waals surface area contributed by atoms with Crippen LogP contribution in [0.4, 0.5) is 5.00 Å². The van der Waals surface area contributed by atoms with Gasteiger partial charge >= 0.3 is 0 Å². The Morgan fingerprint density at radius 1 is 1.15 bits per heavy atom. The topological polar surface area (TPSA) is 56.8 Å². The molecule has 2 aromatic heterocycles. The van der Waals surface area contributed by atoms with Gasteiger partial charge in [-0.25, -0.2) is 9.97 Å². The number of fused-ring (bicyclic) bond motifs is 1. The lowest BCUT2D eigenvalue weighted by Gasteiger charge is -2.28. The molecule has 4 rings (SSSR count). The van der Waals surface area contributed by atoms with Crippen molar-refractivity contribution in [3.05, 3.63) is 29.8 Å². The molecule has 20 heavy (non-hydrogen) atoms. The molecule has 0 bridgehead atoms. The quantitative estimate of drug-likeness (QED) is 0.757. The van der Waals surface area contributed by atoms with Crippen LogP contribution in [0.25, 0.3) is 22.6 Å². The van der Waals surface area contributed by atoms with Gasteiger partial charge in [0.2, 0.25) is 0 Å². The van der Waals surface area contributed by atoms with Gasteiger partial charge in [-0.05, 0) is 12.1 Å². The maximum Gasteiger partial charge on any atom is 0.160 e. The van der Waals surface area contributed by atoms with Gasteiger partial charge in [0.25, 0.3) is 0 Å². The van der Waals surface area contributed by atoms with E-state index in [1.807, 2.05) is 29.8 Å². The zero-order chi connectivity index (χ0) is 13.4. The Balaban J connectivity index is 1.76. The number of para-hydroxylation sites is 2. The number of piperazine rings is 1. The van der Waals surface area contributed by atoms with Crippen LogP contribution < -0.4 is 10.2 Å². The van der Waals surface area contributed by atoms with Gasteiger partial charge in [0, 0.05) is 26.2 Å². The molecule has 0 saturated carbocycles. The number of hydrogen-bond acceptors (Lipinski definition) is 5. The summed E-state index contributed by atoms with van der Waals surface area (Å²) in [6.45, 7) is 4.10. The Kier molecular flexibility index (Phi) is 2.90. The molecular weight excluding hydrogens is 270 g/mol. The SMILES string of the molecule is c1ccc2[nH]c(-c3ncsc3N3CCNCC3)nc2c1. The number of nitrogens with zero attached hydrogens (tertiary/aromatic N) is 3. The van der Waals surface area contributed by atoms with Crippen LogP contribution in [0.5, 0.6) is 0 Å². The Bertz CT molecular complexity index is 693. The maximum absolute atomic E-state index is 4.66. The molecule has 3 aromatic rings. The van der Waals surface area contributed by atoms with Gasteiger partial charge in [-0.15, -0.1) is 11.3 Å². The van der Waals surface area contributed by atoms with Gasteiger partial charge in [-0.1, -0.05) is 12.1 Å². The number of imidazole rings is 1. The standard InChI is InChI=1S/C14H15N5S/c1-2-4-11-10(3-1)17-13(18-11)12-14(20-9-16-12)19-7-5-15-6-8-19/h1-4,9,15H,5-8H2,(H,17,18). The fraction of sp³-hybridized carbons (Fsp3) is 0.286. The molecule has 0 spiro atoms. The minimum Gasteiger partial charge on any atom is -0.359 e. The molecule has 1 aliphatic heterocycles. The number of H-pyrrole nitrogens is 1. The molecular formula is C14H15N5S. The Morgan fingerprint density at radius 2 is 2.00 bits per heavy atom. The van der Waals surface area contributed by atoms with Gasteiger partial charge in [0.1, 0.15) is 10.7 Å². The van der Waals surface area contributed by atoms with Crippen LogP contribution in [0, 0.1) is 0 Å². The molecule has 0 aliphatic carbocycles. The summed E-state index contributed by atoms with van der Waals surface area (Å²) in [5.41, 5.74) is 4.91. The summed E-state index contributed by atoms with van der Waals surface area (Å²) < 4.78 is 0. The van der Waals surface area contributed by atoms with E-state index in [0.717, 1.165) is 48.7 Å². The summed E-state index contributed by atoms with van der Waals surface area (Å²) in [6.07, 6.45) is 0. The Morgan fingerprint density at radius 3 is 2.85 bits per heavy atom. The third-order valence-corrected chi connectivity index (χ3v) is 4.45. The van der Waals surface area contributed by atoms with Gasteiger partial charge < -0.3 is 15.2 Å². The van der Waals surface area contributed by atoms with Crippen LogP contribution in [-0.4, -0.2) is 41.1 Å². The van der Waals surface area contributed by atoms with E-state index in [-0.39, 0.29) is 0 Å². The number of anilines is 1. The van der Waals surface area contributed by atoms with E-state index in [1.165, 1.54) is 5.00 Å². The Labute approximate surface area is 120 Å². The maximum atomic E-state index is 4.66. The normalized spacial score (nSPS) is 15.9. The Hall–Kier alpha value is -1.92. The smallest absolute Gasteiger partial charge is 0.160 e. The third-order valence-electron chi connectivity index (χ3n) is 3.57. The molecule has 5 nitrogen and oxygen atoms in total. The first-order chi connectivity index (χ1) is 9.92. The molecule has 6 heteroatoms. The van der Waals surface area contributed by atoms with Crippen molar-refractivity contribution in [1.82, 2.24) is 20.3 Å². The summed E-state index contributed by atoms with van der Waals surface area (Å²) in [5.74, 6) is 0.862. The molecule has 102 valence electrons. The molecule has 0 amide bonds. The number of benzene rings is 1. The molecule has 0 atom stereocenters. The average Bonchev–Trinajstić information content (AvgIpc) is 3.14. The van der Waals surface area contributed by atoms with Gasteiger partial charge in [-0.2, -0.15) is 0 Å². The van der Waals surface area contributed by atoms with Gasteiger partial charge in [0.15, 0.2) is 5.82 Å². The first-order valence-electron chi connectivity index (χ1n) is 6.76. The van der Waals surface area contributed by atoms with Crippen LogP contribution in [-0.2, 0) is 0 Å². The highest BCUT2D eigenvalue weighted by Crippen LogP contribution is 2.33. The van der Waals surface area contributed by atoms with E-state index in [4.69, 9.17) is 0 Å². The van der Waals surface area contributed by atoms with Crippen molar-refractivity contribution in [3.8, 4) is 11.5 Å². The van der Waals surface area contributed by atoms with E-state index in [9.17, 15) is 0 Å². The van der Waals surface area contributed by atoms with Crippen LogP contribution in [0.3, 0.4) is 0 Å². The molecule has 0 radical (unpaired) electrons. The van der Waals surface area contributed by atoms with Crippen molar-refractivity contribution < 1.29 is 0 Å². The lowest BCUT2D eigenvalue weighted by Crippen LogP contribution is -2.43. The molecule has 1 aromatic carbocycles. The van der Waals surface area contributed by atoms with Gasteiger partial charge in [0.05, 0.1) is 16.5 Å². The van der Waals surface area contributed by atoms with Crippen molar-refractivity contribution >= 4 is 27.4 Å². The van der Waals surface area contributed by atoms with E-state index >= 15 is 0 Å². The first-order valence-corrected chi connectivity index (χ1v) is 7.64. The fourth-order valence-electron chi connectivity index (χ4n) is 2.56. The second-order valence-corrected chi connectivity index (χ2v) is 5.68. The second kappa shape index (κ2) is 4.88. The van der Waals surface area contributed by atoms with Crippen molar-refractivity contribution in [2.45, 2.75) is 0 Å². The van der Waals surface area contributed by atoms with Crippen LogP contribution in [0.15, 0.2) is 29.8 Å². The molecule has 1 fully saturated rings. The van der Waals surface area contributed by atoms with E-state index in [2.05, 4.69) is 25.2 Å². The number of nitrogens with one attached hydrogen (secondary N) is 2.